The van der Waals surface area contributed by atoms with E-state index in [-0.39, 0.29) is 17.6 Å². The van der Waals surface area contributed by atoms with Gasteiger partial charge < -0.3 is 29.4 Å². The summed E-state index contributed by atoms with van der Waals surface area (Å²) in [5, 5.41) is 28.0. The minimum Gasteiger partial charge on any atom is -0.494 e. The first kappa shape index (κ1) is 55.6. The number of aryl methyl sites for hydroxylation is 1. The number of aromatic amines is 2. The molecular formula is C73H55Cl2N9O3. The lowest BCUT2D eigenvalue weighted by Crippen LogP contribution is -2.27. The SMILES string of the molecule is CC#Cc1ccccc1N(C)C(=O)c1cc2ccc3c4cc(Cl)ccc4[nH]c3c2c(N=Nc2ccc(N(c3ccccc3)c3ccc(N=Nc4c(C)c(C(=O)N(C)c5ccccc5CC)cc5ccc6c7cc(Cl)ccc7[nH]c6c45)cc3)cc2)c1OC. The van der Waals surface area contributed by atoms with Crippen molar-refractivity contribution >= 4 is 151 Å². The number of hydrogen-bond acceptors (Lipinski definition) is 8. The van der Waals surface area contributed by atoms with Gasteiger partial charge in [-0.1, -0.05) is 109 Å². The van der Waals surface area contributed by atoms with Crippen molar-refractivity contribution in [3.05, 3.63) is 238 Å². The molecule has 14 heteroatoms. The minimum absolute atomic E-state index is 0.146. The van der Waals surface area contributed by atoms with Crippen molar-refractivity contribution in [1.29, 1.82) is 0 Å². The van der Waals surface area contributed by atoms with Gasteiger partial charge in [-0.15, -0.1) is 16.1 Å². The van der Waals surface area contributed by atoms with E-state index < -0.39 is 0 Å². The van der Waals surface area contributed by atoms with Gasteiger partial charge in [0.2, 0.25) is 0 Å². The van der Waals surface area contributed by atoms with Crippen LogP contribution in [-0.4, -0.2) is 43.0 Å². The first-order chi connectivity index (χ1) is 42.4. The Hall–Kier alpha value is -10.6. The van der Waals surface area contributed by atoms with Crippen LogP contribution in [0.2, 0.25) is 10.0 Å². The van der Waals surface area contributed by atoms with Crippen molar-refractivity contribution in [2.24, 2.45) is 20.5 Å². The van der Waals surface area contributed by atoms with E-state index in [9.17, 15) is 9.59 Å². The number of aromatic nitrogens is 2. The molecule has 0 aliphatic rings. The summed E-state index contributed by atoms with van der Waals surface area (Å²) in [7, 11) is 5.09. The van der Waals surface area contributed by atoms with Gasteiger partial charge in [0, 0.05) is 101 Å². The Bertz CT molecular complexity index is 5040. The Labute approximate surface area is 512 Å². The molecule has 0 aliphatic heterocycles. The number of H-pyrrole nitrogens is 2. The molecule has 12 nitrogen and oxygen atoms in total. The van der Waals surface area contributed by atoms with Gasteiger partial charge in [-0.2, -0.15) is 10.2 Å². The molecule has 424 valence electrons. The first-order valence-electron chi connectivity index (χ1n) is 28.4. The van der Waals surface area contributed by atoms with Crippen LogP contribution >= 0.6 is 23.2 Å². The van der Waals surface area contributed by atoms with E-state index in [0.29, 0.717) is 55.2 Å². The molecule has 0 aliphatic carbocycles. The fraction of sp³-hybridized carbons (Fsp3) is 0.0959. The molecule has 0 unspecified atom stereocenters. The van der Waals surface area contributed by atoms with Crippen molar-refractivity contribution in [2.75, 3.05) is 35.9 Å². The van der Waals surface area contributed by atoms with Gasteiger partial charge in [0.1, 0.15) is 5.69 Å². The zero-order valence-corrected chi connectivity index (χ0v) is 49.9. The van der Waals surface area contributed by atoms with Gasteiger partial charge >= 0.3 is 0 Å². The van der Waals surface area contributed by atoms with Crippen molar-refractivity contribution in [3.8, 4) is 17.6 Å². The maximum Gasteiger partial charge on any atom is 0.261 e. The predicted octanol–water partition coefficient (Wildman–Crippen LogP) is 20.7. The molecule has 0 saturated carbocycles. The van der Waals surface area contributed by atoms with Crippen LogP contribution in [0.15, 0.2) is 221 Å². The Morgan fingerprint density at radius 1 is 0.529 bits per heavy atom. The molecule has 0 spiro atoms. The quantitative estimate of drug-likeness (QED) is 0.0878. The summed E-state index contributed by atoms with van der Waals surface area (Å²) in [6, 6.07) is 64.8. The maximum atomic E-state index is 14.7. The lowest BCUT2D eigenvalue weighted by Gasteiger charge is -2.25. The van der Waals surface area contributed by atoms with Gasteiger partial charge in [-0.25, -0.2) is 0 Å². The van der Waals surface area contributed by atoms with Gasteiger partial charge in [-0.05, 0) is 170 Å². The highest BCUT2D eigenvalue weighted by atomic mass is 35.5. The molecule has 2 N–H and O–H groups in total. The van der Waals surface area contributed by atoms with Crippen LogP contribution in [0, 0.1) is 18.8 Å². The fourth-order valence-corrected chi connectivity index (χ4v) is 12.2. The summed E-state index contributed by atoms with van der Waals surface area (Å²) in [5.74, 6) is 5.91. The second-order valence-corrected chi connectivity index (χ2v) is 22.1. The molecule has 0 atom stereocenters. The lowest BCUT2D eigenvalue weighted by atomic mass is 9.96. The van der Waals surface area contributed by atoms with E-state index in [1.165, 1.54) is 0 Å². The fourth-order valence-electron chi connectivity index (χ4n) is 11.8. The van der Waals surface area contributed by atoms with E-state index in [1.807, 2.05) is 190 Å². The number of ether oxygens (including phenoxy) is 1. The number of amides is 2. The average molecular weight is 1180 g/mol. The number of para-hydroxylation sites is 3. The highest BCUT2D eigenvalue weighted by molar-refractivity contribution is 6.33. The highest BCUT2D eigenvalue weighted by Crippen LogP contribution is 2.47. The van der Waals surface area contributed by atoms with Crippen LogP contribution in [0.4, 0.5) is 51.2 Å². The molecule has 0 fully saturated rings. The number of anilines is 5. The van der Waals surface area contributed by atoms with E-state index in [4.69, 9.17) is 48.4 Å². The van der Waals surface area contributed by atoms with Crippen LogP contribution in [0.1, 0.15) is 51.3 Å². The smallest absolute Gasteiger partial charge is 0.261 e. The number of nitrogens with one attached hydrogen (secondary N) is 2. The average Bonchev–Trinajstić information content (AvgIpc) is 1.80. The highest BCUT2D eigenvalue weighted by Gasteiger charge is 2.27. The standard InChI is InChI=1S/C73H55Cl2N9O3/c1-7-16-45-18-13-15-22-64(45)83(5)73(86)60-40-47-24-36-56-59-42-49(75)26-38-62(59)77-69(56)66(47)70(71(60)87-6)81-79-51-29-33-54(34-30-51)84(52-19-10-9-11-20-52)53-31-27-50(28-32-53)78-80-67-43(3)57(72(85)82(4)63-21-14-12-17-44(63)8-2)39-46-23-35-55-58-41-48(74)25-37-61(58)76-68(55)65(46)67/h9-15,17-42,76-77H,8H2,1-6H3. The molecule has 13 aromatic rings. The van der Waals surface area contributed by atoms with E-state index >= 15 is 0 Å². The summed E-state index contributed by atoms with van der Waals surface area (Å²) in [5.41, 5.74) is 13.1. The number of carbonyl (C=O) groups is 2. The summed E-state index contributed by atoms with van der Waals surface area (Å²) < 4.78 is 6.19. The lowest BCUT2D eigenvalue weighted by molar-refractivity contribution is 0.0983. The molecule has 2 heterocycles. The number of nitrogens with zero attached hydrogens (tertiary/aromatic N) is 7. The number of fused-ring (bicyclic) bond motifs is 10. The number of azo groups is 2. The van der Waals surface area contributed by atoms with Crippen LogP contribution in [0.5, 0.6) is 5.75 Å². The Morgan fingerprint density at radius 2 is 1.02 bits per heavy atom. The number of carbonyl (C=O) groups excluding carboxylic acids is 2. The summed E-state index contributed by atoms with van der Waals surface area (Å²) in [4.78, 5) is 42.1. The maximum absolute atomic E-state index is 14.7. The summed E-state index contributed by atoms with van der Waals surface area (Å²) in [6.45, 7) is 5.80. The topological polar surface area (TPSA) is 134 Å². The Kier molecular flexibility index (Phi) is 14.8. The molecule has 2 amide bonds. The molecule has 13 rings (SSSR count). The van der Waals surface area contributed by atoms with Crippen molar-refractivity contribution in [1.82, 2.24) is 9.97 Å². The predicted molar refractivity (Wildman–Crippen MR) is 358 cm³/mol. The van der Waals surface area contributed by atoms with Gasteiger partial charge in [0.15, 0.2) is 5.75 Å². The largest absolute Gasteiger partial charge is 0.494 e. The number of hydrogen-bond donors (Lipinski definition) is 2. The van der Waals surface area contributed by atoms with Crippen LogP contribution < -0.4 is 19.4 Å². The summed E-state index contributed by atoms with van der Waals surface area (Å²) in [6.07, 6.45) is 0.781. The van der Waals surface area contributed by atoms with E-state index in [1.54, 1.807) is 30.9 Å². The van der Waals surface area contributed by atoms with Crippen LogP contribution in [-0.2, 0) is 6.42 Å². The zero-order valence-electron chi connectivity index (χ0n) is 48.4. The third-order valence-corrected chi connectivity index (χ3v) is 16.6. The molecular weight excluding hydrogens is 1120 g/mol. The Morgan fingerprint density at radius 3 is 1.60 bits per heavy atom. The first-order valence-corrected chi connectivity index (χ1v) is 29.1. The second-order valence-electron chi connectivity index (χ2n) is 21.2. The van der Waals surface area contributed by atoms with Crippen molar-refractivity contribution in [2.45, 2.75) is 27.2 Å². The van der Waals surface area contributed by atoms with E-state index in [2.05, 4.69) is 57.9 Å². The molecule has 0 bridgehead atoms. The molecule has 87 heavy (non-hydrogen) atoms. The Balaban J connectivity index is 0.862. The third-order valence-electron chi connectivity index (χ3n) is 16.1. The molecule has 0 radical (unpaired) electrons. The second kappa shape index (κ2) is 23.1. The zero-order chi connectivity index (χ0) is 60.0. The molecule has 0 saturated heterocycles. The van der Waals surface area contributed by atoms with Crippen molar-refractivity contribution in [3.63, 3.8) is 0 Å². The third kappa shape index (κ3) is 10.1. The normalized spacial score (nSPS) is 11.6. The summed E-state index contributed by atoms with van der Waals surface area (Å²) >= 11 is 13.1. The number of halogens is 2. The number of methoxy groups -OCH3 is 1. The monoisotopic (exact) mass is 1180 g/mol. The van der Waals surface area contributed by atoms with Crippen molar-refractivity contribution < 1.29 is 14.3 Å². The van der Waals surface area contributed by atoms with Gasteiger partial charge in [0.25, 0.3) is 11.8 Å². The minimum atomic E-state index is -0.307. The van der Waals surface area contributed by atoms with Gasteiger partial charge in [-0.3, -0.25) is 9.59 Å². The number of benzene rings is 11. The van der Waals surface area contributed by atoms with E-state index in [0.717, 1.165) is 105 Å². The van der Waals surface area contributed by atoms with Gasteiger partial charge in [0.05, 0.1) is 46.5 Å². The molecule has 2 aromatic heterocycles. The van der Waals surface area contributed by atoms with Crippen LogP contribution in [0.25, 0.3) is 65.2 Å². The number of rotatable bonds is 13. The molecule has 11 aromatic carbocycles. The van der Waals surface area contributed by atoms with Crippen LogP contribution in [0.3, 0.4) is 0 Å².